The fourth-order valence-electron chi connectivity index (χ4n) is 2.59. The van der Waals surface area contributed by atoms with E-state index in [0.29, 0.717) is 6.54 Å². The van der Waals surface area contributed by atoms with E-state index in [-0.39, 0.29) is 17.5 Å². The van der Waals surface area contributed by atoms with Crippen LogP contribution in [0.3, 0.4) is 0 Å². The minimum atomic E-state index is -0.132. The third kappa shape index (κ3) is 3.36. The molecule has 19 heavy (non-hydrogen) atoms. The van der Waals surface area contributed by atoms with Gasteiger partial charge in [0.15, 0.2) is 0 Å². The molecular weight excluding hydrogens is 242 g/mol. The van der Waals surface area contributed by atoms with E-state index >= 15 is 0 Å². The lowest BCUT2D eigenvalue weighted by atomic mass is 9.97. The van der Waals surface area contributed by atoms with Crippen LogP contribution in [0.25, 0.3) is 0 Å². The van der Waals surface area contributed by atoms with Gasteiger partial charge in [-0.1, -0.05) is 0 Å². The van der Waals surface area contributed by atoms with Gasteiger partial charge in [-0.05, 0) is 32.9 Å². The number of piperazine rings is 1. The first-order valence-corrected chi connectivity index (χ1v) is 6.78. The molecule has 0 bridgehead atoms. The summed E-state index contributed by atoms with van der Waals surface area (Å²) in [6.45, 7) is 9.46. The molecule has 1 aromatic heterocycles. The summed E-state index contributed by atoms with van der Waals surface area (Å²) in [7, 11) is 0. The predicted octanol–water partition coefficient (Wildman–Crippen LogP) is 0.968. The van der Waals surface area contributed by atoms with Gasteiger partial charge in [-0.3, -0.25) is 9.69 Å². The summed E-state index contributed by atoms with van der Waals surface area (Å²) in [5, 5.41) is 6.29. The Kier molecular flexibility index (Phi) is 4.27. The Morgan fingerprint density at radius 1 is 1.63 bits per heavy atom. The molecule has 2 rings (SSSR count). The molecule has 1 fully saturated rings. The van der Waals surface area contributed by atoms with Crippen molar-refractivity contribution in [1.29, 1.82) is 0 Å². The number of nitrogens with zero attached hydrogens (tertiary/aromatic N) is 1. The number of hydrogen-bond acceptors (Lipinski definition) is 4. The molecule has 106 valence electrons. The summed E-state index contributed by atoms with van der Waals surface area (Å²) in [5.74, 6) is 0.825. The molecule has 5 nitrogen and oxygen atoms in total. The van der Waals surface area contributed by atoms with Crippen LogP contribution in [-0.2, 0) is 11.3 Å². The van der Waals surface area contributed by atoms with Crippen molar-refractivity contribution in [3.05, 3.63) is 24.2 Å². The van der Waals surface area contributed by atoms with Gasteiger partial charge in [0.25, 0.3) is 0 Å². The second-order valence-corrected chi connectivity index (χ2v) is 5.66. The van der Waals surface area contributed by atoms with E-state index in [2.05, 4.69) is 29.4 Å². The second kappa shape index (κ2) is 5.75. The van der Waals surface area contributed by atoms with Crippen molar-refractivity contribution in [2.24, 2.45) is 0 Å². The highest BCUT2D eigenvalue weighted by atomic mass is 16.3. The Morgan fingerprint density at radius 2 is 2.42 bits per heavy atom. The van der Waals surface area contributed by atoms with Gasteiger partial charge in [-0.25, -0.2) is 0 Å². The molecule has 5 heteroatoms. The molecule has 2 heterocycles. The number of rotatable bonds is 4. The summed E-state index contributed by atoms with van der Waals surface area (Å²) in [5.41, 5.74) is -0.000309. The monoisotopic (exact) mass is 265 g/mol. The topological polar surface area (TPSA) is 57.5 Å². The maximum atomic E-state index is 12.2. The molecule has 0 aromatic carbocycles. The number of furan rings is 1. The van der Waals surface area contributed by atoms with E-state index in [1.165, 1.54) is 0 Å². The van der Waals surface area contributed by atoms with Crippen LogP contribution < -0.4 is 10.6 Å². The first-order chi connectivity index (χ1) is 9.00. The molecule has 0 aliphatic carbocycles. The highest BCUT2D eigenvalue weighted by Gasteiger charge is 2.35. The van der Waals surface area contributed by atoms with Crippen molar-refractivity contribution in [3.8, 4) is 0 Å². The van der Waals surface area contributed by atoms with Gasteiger partial charge in [0, 0.05) is 25.2 Å². The molecule has 1 atom stereocenters. The van der Waals surface area contributed by atoms with E-state index in [4.69, 9.17) is 4.42 Å². The van der Waals surface area contributed by atoms with Crippen molar-refractivity contribution >= 4 is 5.91 Å². The van der Waals surface area contributed by atoms with Crippen LogP contribution in [0.15, 0.2) is 22.8 Å². The Balaban J connectivity index is 1.90. The highest BCUT2D eigenvalue weighted by Crippen LogP contribution is 2.19. The standard InChI is InChI=1S/C14H23N3O2/c1-11(17-7-6-15-10-14(17,2)3)13(18)16-9-12-5-4-8-19-12/h4-5,8,11,15H,6-7,9-10H2,1-3H3,(H,16,18). The van der Waals surface area contributed by atoms with Crippen LogP contribution in [0, 0.1) is 0 Å². The average molecular weight is 265 g/mol. The number of carbonyl (C=O) groups is 1. The minimum Gasteiger partial charge on any atom is -0.467 e. The molecule has 1 aromatic rings. The fraction of sp³-hybridized carbons (Fsp3) is 0.643. The van der Waals surface area contributed by atoms with Crippen LogP contribution in [-0.4, -0.2) is 42.0 Å². The van der Waals surface area contributed by atoms with Crippen LogP contribution in [0.1, 0.15) is 26.5 Å². The van der Waals surface area contributed by atoms with Gasteiger partial charge in [0.1, 0.15) is 5.76 Å². The first-order valence-electron chi connectivity index (χ1n) is 6.78. The Morgan fingerprint density at radius 3 is 3.05 bits per heavy atom. The Hall–Kier alpha value is -1.33. The SMILES string of the molecule is CC(C(=O)NCc1ccco1)N1CCNCC1(C)C. The third-order valence-electron chi connectivity index (χ3n) is 3.73. The van der Waals surface area contributed by atoms with E-state index in [1.54, 1.807) is 6.26 Å². The maximum Gasteiger partial charge on any atom is 0.237 e. The summed E-state index contributed by atoms with van der Waals surface area (Å²) >= 11 is 0. The smallest absolute Gasteiger partial charge is 0.237 e. The minimum absolute atomic E-state index is 0.000309. The van der Waals surface area contributed by atoms with Gasteiger partial charge >= 0.3 is 0 Å². The van der Waals surface area contributed by atoms with E-state index in [1.807, 2.05) is 19.1 Å². The Bertz CT molecular complexity index is 414. The van der Waals surface area contributed by atoms with Gasteiger partial charge in [0.05, 0.1) is 18.8 Å². The number of hydrogen-bond donors (Lipinski definition) is 2. The zero-order valence-electron chi connectivity index (χ0n) is 11.9. The normalized spacial score (nSPS) is 21.0. The van der Waals surface area contributed by atoms with Gasteiger partial charge in [-0.2, -0.15) is 0 Å². The van der Waals surface area contributed by atoms with Crippen molar-refractivity contribution in [2.75, 3.05) is 19.6 Å². The molecule has 1 aliphatic rings. The van der Waals surface area contributed by atoms with Crippen LogP contribution in [0.2, 0.25) is 0 Å². The van der Waals surface area contributed by atoms with E-state index < -0.39 is 0 Å². The van der Waals surface area contributed by atoms with Crippen LogP contribution >= 0.6 is 0 Å². The van der Waals surface area contributed by atoms with Crippen molar-refractivity contribution in [2.45, 2.75) is 38.9 Å². The van der Waals surface area contributed by atoms with E-state index in [0.717, 1.165) is 25.4 Å². The largest absolute Gasteiger partial charge is 0.467 e. The Labute approximate surface area is 114 Å². The fourth-order valence-corrected chi connectivity index (χ4v) is 2.59. The van der Waals surface area contributed by atoms with Crippen LogP contribution in [0.5, 0.6) is 0 Å². The predicted molar refractivity (Wildman–Crippen MR) is 73.7 cm³/mol. The zero-order valence-corrected chi connectivity index (χ0v) is 11.9. The summed E-state index contributed by atoms with van der Waals surface area (Å²) in [6.07, 6.45) is 1.62. The lowest BCUT2D eigenvalue weighted by molar-refractivity contribution is -0.129. The molecule has 0 radical (unpaired) electrons. The highest BCUT2D eigenvalue weighted by molar-refractivity contribution is 5.81. The molecule has 0 spiro atoms. The van der Waals surface area contributed by atoms with Crippen molar-refractivity contribution in [1.82, 2.24) is 15.5 Å². The first kappa shape index (κ1) is 14.1. The van der Waals surface area contributed by atoms with Gasteiger partial charge in [0.2, 0.25) is 5.91 Å². The number of amides is 1. The maximum absolute atomic E-state index is 12.2. The molecule has 1 aliphatic heterocycles. The molecule has 1 amide bonds. The molecule has 1 saturated heterocycles. The lowest BCUT2D eigenvalue weighted by Crippen LogP contribution is -2.63. The van der Waals surface area contributed by atoms with E-state index in [9.17, 15) is 4.79 Å². The number of nitrogens with one attached hydrogen (secondary N) is 2. The third-order valence-corrected chi connectivity index (χ3v) is 3.73. The average Bonchev–Trinajstić information content (AvgIpc) is 2.87. The summed E-state index contributed by atoms with van der Waals surface area (Å²) in [4.78, 5) is 14.5. The molecule has 0 saturated carbocycles. The molecule has 2 N–H and O–H groups in total. The van der Waals surface area contributed by atoms with Crippen LogP contribution in [0.4, 0.5) is 0 Å². The quantitative estimate of drug-likeness (QED) is 0.851. The van der Waals surface area contributed by atoms with Gasteiger partial charge < -0.3 is 15.1 Å². The van der Waals surface area contributed by atoms with Crippen molar-refractivity contribution in [3.63, 3.8) is 0 Å². The second-order valence-electron chi connectivity index (χ2n) is 5.66. The lowest BCUT2D eigenvalue weighted by Gasteiger charge is -2.45. The summed E-state index contributed by atoms with van der Waals surface area (Å²) < 4.78 is 5.21. The summed E-state index contributed by atoms with van der Waals surface area (Å²) in [6, 6.07) is 3.55. The molecule has 1 unspecified atom stereocenters. The number of carbonyl (C=O) groups excluding carboxylic acids is 1. The van der Waals surface area contributed by atoms with Gasteiger partial charge in [-0.15, -0.1) is 0 Å². The molecular formula is C14H23N3O2. The zero-order chi connectivity index (χ0) is 13.9. The van der Waals surface area contributed by atoms with Crippen molar-refractivity contribution < 1.29 is 9.21 Å².